The summed E-state index contributed by atoms with van der Waals surface area (Å²) in [5.74, 6) is 0.335. The van der Waals surface area contributed by atoms with Gasteiger partial charge in [-0.1, -0.05) is 24.3 Å². The number of aromatic nitrogens is 1. The Morgan fingerprint density at radius 3 is 2.30 bits per heavy atom. The molecule has 0 aliphatic carbocycles. The molecule has 3 aromatic carbocycles. The molecule has 1 heterocycles. The maximum Gasteiger partial charge on any atom is 0.343 e. The highest BCUT2D eigenvalue weighted by molar-refractivity contribution is 5.91. The summed E-state index contributed by atoms with van der Waals surface area (Å²) in [6.07, 6.45) is 1.45. The Labute approximate surface area is 171 Å². The van der Waals surface area contributed by atoms with Crippen molar-refractivity contribution >= 4 is 23.1 Å². The van der Waals surface area contributed by atoms with Crippen LogP contribution in [0.3, 0.4) is 0 Å². The average Bonchev–Trinajstić information content (AvgIpc) is 3.23. The van der Waals surface area contributed by atoms with E-state index >= 15 is 0 Å². The van der Waals surface area contributed by atoms with Gasteiger partial charge >= 0.3 is 5.97 Å². The Bertz CT molecular complexity index is 1290. The summed E-state index contributed by atoms with van der Waals surface area (Å²) in [4.78, 5) is 16.8. The zero-order valence-corrected chi connectivity index (χ0v) is 15.6. The molecule has 0 atom stereocenters. The highest BCUT2D eigenvalue weighted by Crippen LogP contribution is 2.24. The maximum atomic E-state index is 12.4. The van der Waals surface area contributed by atoms with Gasteiger partial charge in [0.05, 0.1) is 5.56 Å². The second-order valence-electron chi connectivity index (χ2n) is 6.30. The van der Waals surface area contributed by atoms with Crippen molar-refractivity contribution in [1.82, 2.24) is 4.98 Å². The van der Waals surface area contributed by atoms with Crippen LogP contribution in [0.2, 0.25) is 0 Å². The molecule has 0 aliphatic heterocycles. The first-order valence-corrected chi connectivity index (χ1v) is 8.96. The Morgan fingerprint density at radius 1 is 0.933 bits per heavy atom. The number of para-hydroxylation sites is 2. The number of hydrogen-bond donors (Lipinski definition) is 0. The molecule has 4 aromatic rings. The lowest BCUT2D eigenvalue weighted by Gasteiger charge is -2.05. The summed E-state index contributed by atoms with van der Waals surface area (Å²) in [5.41, 5.74) is 3.27. The third-order valence-corrected chi connectivity index (χ3v) is 4.30. The molecule has 4 rings (SSSR count). The van der Waals surface area contributed by atoms with Crippen LogP contribution >= 0.6 is 0 Å². The molecule has 0 unspecified atom stereocenters. The van der Waals surface area contributed by atoms with Crippen molar-refractivity contribution < 1.29 is 13.9 Å². The van der Waals surface area contributed by atoms with E-state index < -0.39 is 5.97 Å². The molecule has 0 aliphatic rings. The SMILES string of the molecule is N#CC(C#N)=Cc1ccc(OC(=O)c2ccc(-c3nc4ccccc4o3)cc2)cc1. The molecular formula is C24H13N3O3. The fraction of sp³-hybridized carbons (Fsp3) is 0. The molecule has 0 spiro atoms. The number of allylic oxidation sites excluding steroid dienone is 1. The van der Waals surface area contributed by atoms with Crippen molar-refractivity contribution in [2.24, 2.45) is 0 Å². The lowest BCUT2D eigenvalue weighted by molar-refractivity contribution is 0.0735. The van der Waals surface area contributed by atoms with E-state index in [9.17, 15) is 4.79 Å². The summed E-state index contributed by atoms with van der Waals surface area (Å²) < 4.78 is 11.1. The number of rotatable bonds is 4. The van der Waals surface area contributed by atoms with Crippen LogP contribution in [0.15, 0.2) is 82.8 Å². The van der Waals surface area contributed by atoms with E-state index in [4.69, 9.17) is 19.7 Å². The number of benzene rings is 3. The average molecular weight is 391 g/mol. The topological polar surface area (TPSA) is 99.9 Å². The number of carbonyl (C=O) groups is 1. The Kier molecular flexibility index (Phi) is 5.06. The predicted octanol–water partition coefficient (Wildman–Crippen LogP) is 5.14. The Hall–Kier alpha value is -4.68. The van der Waals surface area contributed by atoms with E-state index in [2.05, 4.69) is 4.98 Å². The summed E-state index contributed by atoms with van der Waals surface area (Å²) in [6.45, 7) is 0. The molecule has 6 heteroatoms. The minimum absolute atomic E-state index is 0.00113. The summed E-state index contributed by atoms with van der Waals surface area (Å²) in [5, 5.41) is 17.6. The molecule has 1 aromatic heterocycles. The van der Waals surface area contributed by atoms with E-state index in [0.29, 0.717) is 28.4 Å². The zero-order valence-electron chi connectivity index (χ0n) is 15.6. The molecule has 0 saturated heterocycles. The van der Waals surface area contributed by atoms with Gasteiger partial charge in [-0.2, -0.15) is 10.5 Å². The van der Waals surface area contributed by atoms with Gasteiger partial charge in [-0.25, -0.2) is 9.78 Å². The lowest BCUT2D eigenvalue weighted by atomic mass is 10.1. The van der Waals surface area contributed by atoms with Gasteiger partial charge in [0, 0.05) is 5.56 Å². The molecular weight excluding hydrogens is 378 g/mol. The molecule has 0 radical (unpaired) electrons. The monoisotopic (exact) mass is 391 g/mol. The molecule has 0 amide bonds. The number of fused-ring (bicyclic) bond motifs is 1. The smallest absolute Gasteiger partial charge is 0.343 e. The van der Waals surface area contributed by atoms with Crippen LogP contribution in [0.4, 0.5) is 0 Å². The molecule has 0 saturated carbocycles. The number of carbonyl (C=O) groups excluding carboxylic acids is 1. The fourth-order valence-corrected chi connectivity index (χ4v) is 2.80. The van der Waals surface area contributed by atoms with Crippen LogP contribution in [-0.2, 0) is 0 Å². The maximum absolute atomic E-state index is 12.4. The second-order valence-corrected chi connectivity index (χ2v) is 6.30. The van der Waals surface area contributed by atoms with Gasteiger partial charge in [0.1, 0.15) is 29.0 Å². The number of oxazole rings is 1. The van der Waals surface area contributed by atoms with E-state index in [-0.39, 0.29) is 5.57 Å². The van der Waals surface area contributed by atoms with Crippen molar-refractivity contribution in [1.29, 1.82) is 10.5 Å². The van der Waals surface area contributed by atoms with Crippen molar-refractivity contribution in [3.63, 3.8) is 0 Å². The largest absolute Gasteiger partial charge is 0.436 e. The summed E-state index contributed by atoms with van der Waals surface area (Å²) >= 11 is 0. The van der Waals surface area contributed by atoms with E-state index in [1.807, 2.05) is 24.3 Å². The zero-order chi connectivity index (χ0) is 20.9. The molecule has 30 heavy (non-hydrogen) atoms. The first-order valence-electron chi connectivity index (χ1n) is 8.96. The quantitative estimate of drug-likeness (QED) is 0.271. The van der Waals surface area contributed by atoms with E-state index in [1.165, 1.54) is 6.08 Å². The fourth-order valence-electron chi connectivity index (χ4n) is 2.80. The van der Waals surface area contributed by atoms with Crippen LogP contribution < -0.4 is 4.74 Å². The minimum atomic E-state index is -0.503. The molecule has 6 nitrogen and oxygen atoms in total. The summed E-state index contributed by atoms with van der Waals surface area (Å²) in [7, 11) is 0. The highest BCUT2D eigenvalue weighted by Gasteiger charge is 2.12. The number of ether oxygens (including phenoxy) is 1. The van der Waals surface area contributed by atoms with Gasteiger partial charge in [0.2, 0.25) is 5.89 Å². The van der Waals surface area contributed by atoms with Gasteiger partial charge < -0.3 is 9.15 Å². The standard InChI is InChI=1S/C24H13N3O3/c25-14-17(15-26)13-16-5-11-20(12-6-16)29-24(28)19-9-7-18(8-10-19)23-27-21-3-1-2-4-22(21)30-23/h1-13H. The summed E-state index contributed by atoms with van der Waals surface area (Å²) in [6, 6.07) is 24.4. The van der Waals surface area contributed by atoms with E-state index in [1.54, 1.807) is 60.7 Å². The van der Waals surface area contributed by atoms with Gasteiger partial charge in [-0.05, 0) is 60.2 Å². The molecule has 0 bridgehead atoms. The molecule has 0 N–H and O–H groups in total. The Balaban J connectivity index is 1.47. The van der Waals surface area contributed by atoms with Crippen molar-refractivity contribution in [3.05, 3.63) is 89.5 Å². The van der Waals surface area contributed by atoms with Gasteiger partial charge in [0.15, 0.2) is 5.58 Å². The lowest BCUT2D eigenvalue weighted by Crippen LogP contribution is -2.08. The van der Waals surface area contributed by atoms with Crippen LogP contribution in [0.25, 0.3) is 28.6 Å². The number of esters is 1. The van der Waals surface area contributed by atoms with Crippen LogP contribution in [0, 0.1) is 22.7 Å². The predicted molar refractivity (Wildman–Crippen MR) is 110 cm³/mol. The van der Waals surface area contributed by atoms with Crippen molar-refractivity contribution in [3.8, 4) is 29.3 Å². The normalized spacial score (nSPS) is 10.1. The second kappa shape index (κ2) is 8.14. The van der Waals surface area contributed by atoms with E-state index in [0.717, 1.165) is 11.1 Å². The number of nitrogens with zero attached hydrogens (tertiary/aromatic N) is 3. The number of hydrogen-bond acceptors (Lipinski definition) is 6. The molecule has 142 valence electrons. The first-order chi connectivity index (χ1) is 14.7. The molecule has 0 fully saturated rings. The highest BCUT2D eigenvalue weighted by atomic mass is 16.5. The Morgan fingerprint density at radius 2 is 1.63 bits per heavy atom. The third kappa shape index (κ3) is 3.94. The number of nitriles is 2. The first kappa shape index (κ1) is 18.7. The van der Waals surface area contributed by atoms with Gasteiger partial charge in [-0.3, -0.25) is 0 Å². The van der Waals surface area contributed by atoms with Crippen molar-refractivity contribution in [2.45, 2.75) is 0 Å². The van der Waals surface area contributed by atoms with Gasteiger partial charge in [-0.15, -0.1) is 0 Å². The van der Waals surface area contributed by atoms with Crippen LogP contribution in [0.1, 0.15) is 15.9 Å². The van der Waals surface area contributed by atoms with Crippen molar-refractivity contribution in [2.75, 3.05) is 0 Å². The van der Waals surface area contributed by atoms with Gasteiger partial charge in [0.25, 0.3) is 0 Å². The van der Waals surface area contributed by atoms with Crippen LogP contribution in [-0.4, -0.2) is 11.0 Å². The third-order valence-electron chi connectivity index (χ3n) is 4.30. The minimum Gasteiger partial charge on any atom is -0.436 e. The van der Waals surface area contributed by atoms with Crippen LogP contribution in [0.5, 0.6) is 5.75 Å².